The molecule has 6 nitrogen and oxygen atoms in total. The Morgan fingerprint density at radius 2 is 1.74 bits per heavy atom. The third-order valence-electron chi connectivity index (χ3n) is 4.64. The van der Waals surface area contributed by atoms with Crippen LogP contribution in [0.3, 0.4) is 0 Å². The number of benzene rings is 2. The van der Waals surface area contributed by atoms with E-state index in [2.05, 4.69) is 5.32 Å². The van der Waals surface area contributed by atoms with E-state index >= 15 is 0 Å². The quantitative estimate of drug-likeness (QED) is 0.794. The summed E-state index contributed by atoms with van der Waals surface area (Å²) in [5, 5.41) is 2.89. The molecular weight excluding hydrogens is 344 g/mol. The van der Waals surface area contributed by atoms with Crippen molar-refractivity contribution in [3.8, 4) is 11.5 Å². The van der Waals surface area contributed by atoms with Crippen LogP contribution in [-0.2, 0) is 11.3 Å². The predicted molar refractivity (Wildman–Crippen MR) is 103 cm³/mol. The first-order valence-electron chi connectivity index (χ1n) is 8.94. The third kappa shape index (κ3) is 4.65. The molecule has 2 aromatic carbocycles. The Morgan fingerprint density at radius 1 is 1.07 bits per heavy atom. The number of ketones is 1. The fourth-order valence-electron chi connectivity index (χ4n) is 2.85. The maximum Gasteiger partial charge on any atom is 0.241 e. The zero-order chi connectivity index (χ0) is 19.4. The van der Waals surface area contributed by atoms with E-state index in [1.54, 1.807) is 24.3 Å². The van der Waals surface area contributed by atoms with Gasteiger partial charge in [0.2, 0.25) is 5.91 Å². The molecule has 0 fully saturated rings. The molecule has 0 radical (unpaired) electrons. The second-order valence-corrected chi connectivity index (χ2v) is 6.69. The number of carbonyl (C=O) groups is 2. The molecule has 1 atom stereocenters. The summed E-state index contributed by atoms with van der Waals surface area (Å²) < 4.78 is 11.1. The van der Waals surface area contributed by atoms with Gasteiger partial charge in [-0.15, -0.1) is 0 Å². The maximum absolute atomic E-state index is 12.5. The standard InChI is InChI=1S/C21H24N2O4/c1-14(21(25)22-18-7-5-17(6-8-18)15(2)24)23(3)13-16-4-9-19-20(12-16)27-11-10-26-19/h4-9,12,14H,10-11,13H2,1-3H3,(H,22,25)/t14-/m0/s1. The summed E-state index contributed by atoms with van der Waals surface area (Å²) in [5.41, 5.74) is 2.34. The number of anilines is 1. The molecule has 0 spiro atoms. The smallest absolute Gasteiger partial charge is 0.241 e. The molecule has 1 aliphatic heterocycles. The molecule has 0 bridgehead atoms. The highest BCUT2D eigenvalue weighted by Crippen LogP contribution is 2.31. The van der Waals surface area contributed by atoms with Gasteiger partial charge in [0.05, 0.1) is 6.04 Å². The Balaban J connectivity index is 1.60. The molecule has 0 aliphatic carbocycles. The van der Waals surface area contributed by atoms with Crippen molar-refractivity contribution in [2.45, 2.75) is 26.4 Å². The summed E-state index contributed by atoms with van der Waals surface area (Å²) in [6.45, 7) is 5.10. The molecule has 1 amide bonds. The topological polar surface area (TPSA) is 67.9 Å². The number of carbonyl (C=O) groups excluding carboxylic acids is 2. The Bertz CT molecular complexity index is 833. The summed E-state index contributed by atoms with van der Waals surface area (Å²) in [6.07, 6.45) is 0. The molecule has 0 unspecified atom stereocenters. The van der Waals surface area contributed by atoms with E-state index < -0.39 is 0 Å². The van der Waals surface area contributed by atoms with Crippen molar-refractivity contribution >= 4 is 17.4 Å². The van der Waals surface area contributed by atoms with Gasteiger partial charge in [0.25, 0.3) is 0 Å². The first kappa shape index (κ1) is 18.9. The second kappa shape index (κ2) is 8.22. The number of nitrogens with zero attached hydrogens (tertiary/aromatic N) is 1. The van der Waals surface area contributed by atoms with Gasteiger partial charge in [-0.2, -0.15) is 0 Å². The molecule has 0 saturated heterocycles. The first-order valence-corrected chi connectivity index (χ1v) is 8.94. The van der Waals surface area contributed by atoms with Gasteiger partial charge in [-0.25, -0.2) is 0 Å². The minimum Gasteiger partial charge on any atom is -0.486 e. The lowest BCUT2D eigenvalue weighted by molar-refractivity contribution is -0.120. The number of rotatable bonds is 6. The molecule has 0 saturated carbocycles. The summed E-state index contributed by atoms with van der Waals surface area (Å²) in [7, 11) is 1.90. The molecular formula is C21H24N2O4. The minimum atomic E-state index is -0.328. The number of ether oxygens (including phenoxy) is 2. The molecule has 6 heteroatoms. The number of amides is 1. The van der Waals surface area contributed by atoms with Gasteiger partial charge in [-0.3, -0.25) is 14.5 Å². The van der Waals surface area contributed by atoms with E-state index in [9.17, 15) is 9.59 Å². The Labute approximate surface area is 159 Å². The molecule has 1 aliphatic rings. The van der Waals surface area contributed by atoms with Crippen LogP contribution < -0.4 is 14.8 Å². The zero-order valence-electron chi connectivity index (χ0n) is 15.8. The van der Waals surface area contributed by atoms with Crippen LogP contribution in [0.2, 0.25) is 0 Å². The van der Waals surface area contributed by atoms with Crippen LogP contribution in [0, 0.1) is 0 Å². The van der Waals surface area contributed by atoms with Crippen molar-refractivity contribution in [3.05, 3.63) is 53.6 Å². The van der Waals surface area contributed by atoms with Gasteiger partial charge in [0.15, 0.2) is 17.3 Å². The van der Waals surface area contributed by atoms with Crippen LogP contribution in [0.4, 0.5) is 5.69 Å². The summed E-state index contributed by atoms with van der Waals surface area (Å²) in [6, 6.07) is 12.4. The lowest BCUT2D eigenvalue weighted by Crippen LogP contribution is -2.39. The highest BCUT2D eigenvalue weighted by molar-refractivity contribution is 5.96. The van der Waals surface area contributed by atoms with Crippen molar-refractivity contribution in [1.29, 1.82) is 0 Å². The molecule has 27 heavy (non-hydrogen) atoms. The van der Waals surface area contributed by atoms with Gasteiger partial charge in [0.1, 0.15) is 13.2 Å². The monoisotopic (exact) mass is 368 g/mol. The summed E-state index contributed by atoms with van der Waals surface area (Å²) in [5.74, 6) is 1.40. The number of likely N-dealkylation sites (N-methyl/N-ethyl adjacent to an activating group) is 1. The average Bonchev–Trinajstić information content (AvgIpc) is 2.67. The fourth-order valence-corrected chi connectivity index (χ4v) is 2.85. The molecule has 2 aromatic rings. The molecule has 0 aromatic heterocycles. The third-order valence-corrected chi connectivity index (χ3v) is 4.64. The van der Waals surface area contributed by atoms with Gasteiger partial charge in [-0.05, 0) is 62.9 Å². The summed E-state index contributed by atoms with van der Waals surface area (Å²) in [4.78, 5) is 25.8. The SMILES string of the molecule is CC(=O)c1ccc(NC(=O)[C@H](C)N(C)Cc2ccc3c(c2)OCCO3)cc1. The molecule has 3 rings (SSSR count). The van der Waals surface area contributed by atoms with E-state index in [0.29, 0.717) is 31.0 Å². The molecule has 1 N–H and O–H groups in total. The molecule has 1 heterocycles. The van der Waals surface area contributed by atoms with Crippen molar-refractivity contribution in [1.82, 2.24) is 4.90 Å². The van der Waals surface area contributed by atoms with E-state index in [1.165, 1.54) is 6.92 Å². The van der Waals surface area contributed by atoms with Crippen LogP contribution in [0.15, 0.2) is 42.5 Å². The summed E-state index contributed by atoms with van der Waals surface area (Å²) >= 11 is 0. The number of hydrogen-bond donors (Lipinski definition) is 1. The average molecular weight is 368 g/mol. The van der Waals surface area contributed by atoms with E-state index in [0.717, 1.165) is 17.1 Å². The minimum absolute atomic E-state index is 0.000377. The van der Waals surface area contributed by atoms with Crippen molar-refractivity contribution in [2.75, 3.05) is 25.6 Å². The molecule has 142 valence electrons. The Morgan fingerprint density at radius 3 is 2.41 bits per heavy atom. The number of hydrogen-bond acceptors (Lipinski definition) is 5. The lowest BCUT2D eigenvalue weighted by Gasteiger charge is -2.25. The Hall–Kier alpha value is -2.86. The van der Waals surface area contributed by atoms with Crippen LogP contribution in [-0.4, -0.2) is 42.9 Å². The highest BCUT2D eigenvalue weighted by atomic mass is 16.6. The number of Topliss-reactive ketones (excluding diaryl/α,β-unsaturated/α-hetero) is 1. The van der Waals surface area contributed by atoms with Crippen LogP contribution in [0.25, 0.3) is 0 Å². The van der Waals surface area contributed by atoms with Crippen molar-refractivity contribution in [2.24, 2.45) is 0 Å². The van der Waals surface area contributed by atoms with E-state index in [1.807, 2.05) is 37.1 Å². The van der Waals surface area contributed by atoms with E-state index in [-0.39, 0.29) is 17.7 Å². The van der Waals surface area contributed by atoms with Crippen LogP contribution in [0.1, 0.15) is 29.8 Å². The fraction of sp³-hybridized carbons (Fsp3) is 0.333. The maximum atomic E-state index is 12.5. The largest absolute Gasteiger partial charge is 0.486 e. The zero-order valence-corrected chi connectivity index (χ0v) is 15.8. The first-order chi connectivity index (χ1) is 12.9. The van der Waals surface area contributed by atoms with Gasteiger partial charge >= 0.3 is 0 Å². The Kier molecular flexibility index (Phi) is 5.76. The van der Waals surface area contributed by atoms with Crippen LogP contribution >= 0.6 is 0 Å². The highest BCUT2D eigenvalue weighted by Gasteiger charge is 2.19. The lowest BCUT2D eigenvalue weighted by atomic mass is 10.1. The van der Waals surface area contributed by atoms with Crippen LogP contribution in [0.5, 0.6) is 11.5 Å². The normalized spacial score (nSPS) is 13.9. The van der Waals surface area contributed by atoms with Gasteiger partial charge in [-0.1, -0.05) is 6.07 Å². The number of nitrogens with one attached hydrogen (secondary N) is 1. The number of fused-ring (bicyclic) bond motifs is 1. The van der Waals surface area contributed by atoms with Gasteiger partial charge < -0.3 is 14.8 Å². The van der Waals surface area contributed by atoms with Gasteiger partial charge in [0, 0.05) is 17.8 Å². The van der Waals surface area contributed by atoms with Crippen molar-refractivity contribution < 1.29 is 19.1 Å². The van der Waals surface area contributed by atoms with Crippen molar-refractivity contribution in [3.63, 3.8) is 0 Å². The second-order valence-electron chi connectivity index (χ2n) is 6.69. The predicted octanol–water partition coefficient (Wildman–Crippen LogP) is 3.12. The van der Waals surface area contributed by atoms with E-state index in [4.69, 9.17) is 9.47 Å².